The molecule has 1 aromatic carbocycles. The lowest BCUT2D eigenvalue weighted by atomic mass is 9.78. The summed E-state index contributed by atoms with van der Waals surface area (Å²) in [6.07, 6.45) is 7.29. The number of carbonyl (C=O) groups excluding carboxylic acids is 2. The number of fused-ring (bicyclic) bond motifs is 1. The smallest absolute Gasteiger partial charge is 0.254 e. The number of likely N-dealkylation sites (tertiary alicyclic amines) is 1. The van der Waals surface area contributed by atoms with Gasteiger partial charge in [-0.15, -0.1) is 0 Å². The molecule has 2 amide bonds. The molecule has 0 bridgehead atoms. The maximum Gasteiger partial charge on any atom is 0.254 e. The fraction of sp³-hybridized carbons (Fsp3) is 0.619. The molecule has 0 radical (unpaired) electrons. The number of nitrogens with zero attached hydrogens (tertiary/aromatic N) is 1. The molecule has 2 unspecified atom stereocenters. The molecule has 2 aliphatic rings. The van der Waals surface area contributed by atoms with Gasteiger partial charge in [0.15, 0.2) is 0 Å². The van der Waals surface area contributed by atoms with Crippen LogP contribution >= 0.6 is 0 Å². The molecular weight excluding hydrogens is 312 g/mol. The van der Waals surface area contributed by atoms with E-state index in [-0.39, 0.29) is 11.8 Å². The average molecular weight is 342 g/mol. The van der Waals surface area contributed by atoms with Gasteiger partial charge in [-0.05, 0) is 49.8 Å². The molecule has 1 saturated heterocycles. The molecule has 1 saturated carbocycles. The van der Waals surface area contributed by atoms with Crippen LogP contribution in [0.2, 0.25) is 0 Å². The first-order valence-electron chi connectivity index (χ1n) is 9.59. The summed E-state index contributed by atoms with van der Waals surface area (Å²) in [4.78, 5) is 27.4. The van der Waals surface area contributed by atoms with Gasteiger partial charge in [0.2, 0.25) is 5.91 Å². The van der Waals surface area contributed by atoms with Crippen molar-refractivity contribution in [1.29, 1.82) is 0 Å². The van der Waals surface area contributed by atoms with Gasteiger partial charge in [-0.3, -0.25) is 9.59 Å². The van der Waals surface area contributed by atoms with E-state index in [1.54, 1.807) is 0 Å². The first-order valence-corrected chi connectivity index (χ1v) is 9.59. The second-order valence-electron chi connectivity index (χ2n) is 8.54. The summed E-state index contributed by atoms with van der Waals surface area (Å²) in [6.45, 7) is 6.51. The molecule has 2 atom stereocenters. The number of piperidine rings is 1. The Morgan fingerprint density at radius 2 is 1.80 bits per heavy atom. The van der Waals surface area contributed by atoms with E-state index in [1.165, 1.54) is 25.7 Å². The van der Waals surface area contributed by atoms with Crippen molar-refractivity contribution in [2.24, 2.45) is 11.3 Å². The Morgan fingerprint density at radius 3 is 2.56 bits per heavy atom. The van der Waals surface area contributed by atoms with Crippen molar-refractivity contribution in [1.82, 2.24) is 4.90 Å². The van der Waals surface area contributed by atoms with Crippen molar-refractivity contribution in [3.05, 3.63) is 29.8 Å². The van der Waals surface area contributed by atoms with E-state index < -0.39 is 5.41 Å². The molecule has 136 valence electrons. The Morgan fingerprint density at radius 1 is 1.08 bits per heavy atom. The predicted octanol–water partition coefficient (Wildman–Crippen LogP) is 4.47. The van der Waals surface area contributed by atoms with Crippen molar-refractivity contribution in [2.75, 3.05) is 11.9 Å². The fourth-order valence-corrected chi connectivity index (χ4v) is 4.09. The third kappa shape index (κ3) is 4.05. The van der Waals surface area contributed by atoms with Gasteiger partial charge in [0.05, 0.1) is 0 Å². The van der Waals surface area contributed by atoms with Crippen LogP contribution in [0.15, 0.2) is 24.3 Å². The lowest BCUT2D eigenvalue weighted by molar-refractivity contribution is -0.123. The lowest BCUT2D eigenvalue weighted by Crippen LogP contribution is -2.49. The highest BCUT2D eigenvalue weighted by Crippen LogP contribution is 2.36. The third-order valence-corrected chi connectivity index (χ3v) is 5.55. The van der Waals surface area contributed by atoms with E-state index in [4.69, 9.17) is 0 Å². The first kappa shape index (κ1) is 18.0. The molecule has 1 aromatic rings. The van der Waals surface area contributed by atoms with E-state index in [0.29, 0.717) is 23.2 Å². The molecule has 0 spiro atoms. The molecule has 25 heavy (non-hydrogen) atoms. The van der Waals surface area contributed by atoms with E-state index >= 15 is 0 Å². The van der Waals surface area contributed by atoms with Gasteiger partial charge in [-0.1, -0.05) is 39.7 Å². The van der Waals surface area contributed by atoms with Gasteiger partial charge in [-0.25, -0.2) is 0 Å². The van der Waals surface area contributed by atoms with Crippen LogP contribution < -0.4 is 5.32 Å². The summed E-state index contributed by atoms with van der Waals surface area (Å²) in [6, 6.07) is 7.79. The van der Waals surface area contributed by atoms with Crippen LogP contribution in [-0.4, -0.2) is 29.3 Å². The Hall–Kier alpha value is -1.84. The molecule has 1 aliphatic heterocycles. The summed E-state index contributed by atoms with van der Waals surface area (Å²) >= 11 is 0. The minimum absolute atomic E-state index is 0.0394. The standard InChI is InChI=1S/C21H30N2O2/c1-21(2,3)20(25)22-17-11-6-9-16(14-17)19(24)23-13-7-10-15-8-4-5-12-18(15)23/h6,9,11,14-15,18H,4-5,7-8,10,12-13H2,1-3H3,(H,22,25). The lowest BCUT2D eigenvalue weighted by Gasteiger charge is -2.44. The molecule has 3 rings (SSSR count). The molecule has 4 heteroatoms. The van der Waals surface area contributed by atoms with Crippen molar-refractivity contribution >= 4 is 17.5 Å². The number of hydrogen-bond acceptors (Lipinski definition) is 2. The SMILES string of the molecule is CC(C)(C)C(=O)Nc1cccc(C(=O)N2CCCC3CCCCC32)c1. The number of benzene rings is 1. The van der Waals surface area contributed by atoms with Crippen LogP contribution in [-0.2, 0) is 4.79 Å². The monoisotopic (exact) mass is 342 g/mol. The van der Waals surface area contributed by atoms with Crippen LogP contribution in [0.4, 0.5) is 5.69 Å². The minimum atomic E-state index is -0.456. The molecule has 1 N–H and O–H groups in total. The maximum absolute atomic E-state index is 13.1. The van der Waals surface area contributed by atoms with Gasteiger partial charge >= 0.3 is 0 Å². The normalized spacial score (nSPS) is 23.7. The van der Waals surface area contributed by atoms with Gasteiger partial charge in [0.25, 0.3) is 5.91 Å². The topological polar surface area (TPSA) is 49.4 Å². The van der Waals surface area contributed by atoms with Crippen LogP contribution in [0.3, 0.4) is 0 Å². The quantitative estimate of drug-likeness (QED) is 0.862. The number of rotatable bonds is 2. The minimum Gasteiger partial charge on any atom is -0.335 e. The second-order valence-corrected chi connectivity index (χ2v) is 8.54. The number of nitrogens with one attached hydrogen (secondary N) is 1. The van der Waals surface area contributed by atoms with Gasteiger partial charge in [0.1, 0.15) is 0 Å². The maximum atomic E-state index is 13.1. The fourth-order valence-electron chi connectivity index (χ4n) is 4.09. The average Bonchev–Trinajstić information content (AvgIpc) is 2.60. The zero-order chi connectivity index (χ0) is 18.0. The Kier molecular flexibility index (Phi) is 5.16. The molecule has 2 fully saturated rings. The zero-order valence-electron chi connectivity index (χ0n) is 15.7. The van der Waals surface area contributed by atoms with Crippen molar-refractivity contribution in [3.8, 4) is 0 Å². The first-order chi connectivity index (χ1) is 11.9. The summed E-state index contributed by atoms with van der Waals surface area (Å²) in [5.41, 5.74) is 0.920. The Labute approximate surface area is 151 Å². The van der Waals surface area contributed by atoms with E-state index in [2.05, 4.69) is 10.2 Å². The summed E-state index contributed by atoms with van der Waals surface area (Å²) in [7, 11) is 0. The van der Waals surface area contributed by atoms with Crippen molar-refractivity contribution < 1.29 is 9.59 Å². The largest absolute Gasteiger partial charge is 0.335 e. The summed E-state index contributed by atoms with van der Waals surface area (Å²) in [5, 5.41) is 2.93. The van der Waals surface area contributed by atoms with Crippen molar-refractivity contribution in [2.45, 2.75) is 65.3 Å². The number of amides is 2. The molecule has 1 aliphatic carbocycles. The highest BCUT2D eigenvalue weighted by Gasteiger charge is 2.36. The van der Waals surface area contributed by atoms with Crippen LogP contribution in [0.5, 0.6) is 0 Å². The number of hydrogen-bond donors (Lipinski definition) is 1. The zero-order valence-corrected chi connectivity index (χ0v) is 15.7. The van der Waals surface area contributed by atoms with Gasteiger partial charge in [-0.2, -0.15) is 0 Å². The molecule has 1 heterocycles. The highest BCUT2D eigenvalue weighted by molar-refractivity contribution is 5.98. The highest BCUT2D eigenvalue weighted by atomic mass is 16.2. The molecular formula is C21H30N2O2. The summed E-state index contributed by atoms with van der Waals surface area (Å²) in [5.74, 6) is 0.751. The van der Waals surface area contributed by atoms with E-state index in [0.717, 1.165) is 19.4 Å². The van der Waals surface area contributed by atoms with Crippen LogP contribution in [0, 0.1) is 11.3 Å². The number of anilines is 1. The molecule has 0 aromatic heterocycles. The van der Waals surface area contributed by atoms with Gasteiger partial charge in [0, 0.05) is 29.3 Å². The van der Waals surface area contributed by atoms with E-state index in [1.807, 2.05) is 45.0 Å². The molecule has 4 nitrogen and oxygen atoms in total. The summed E-state index contributed by atoms with van der Waals surface area (Å²) < 4.78 is 0. The third-order valence-electron chi connectivity index (χ3n) is 5.55. The van der Waals surface area contributed by atoms with Gasteiger partial charge < -0.3 is 10.2 Å². The van der Waals surface area contributed by atoms with Crippen molar-refractivity contribution in [3.63, 3.8) is 0 Å². The van der Waals surface area contributed by atoms with E-state index in [9.17, 15) is 9.59 Å². The second kappa shape index (κ2) is 7.19. The van der Waals surface area contributed by atoms with Crippen LogP contribution in [0.25, 0.3) is 0 Å². The predicted molar refractivity (Wildman–Crippen MR) is 101 cm³/mol. The Bertz CT molecular complexity index is 646. The van der Waals surface area contributed by atoms with Crippen LogP contribution in [0.1, 0.15) is 69.7 Å². The Balaban J connectivity index is 1.76. The number of carbonyl (C=O) groups is 2.